The molecule has 0 N–H and O–H groups in total. The Hall–Kier alpha value is -2.12. The normalized spacial score (nSPS) is 29.9. The molecule has 0 unspecified atom stereocenters. The Balaban J connectivity index is 1.34. The van der Waals surface area contributed by atoms with Crippen LogP contribution in [0.2, 0.25) is 5.02 Å². The zero-order valence-electron chi connectivity index (χ0n) is 16.7. The highest BCUT2D eigenvalue weighted by Crippen LogP contribution is 2.60. The van der Waals surface area contributed by atoms with Crippen LogP contribution in [-0.4, -0.2) is 4.98 Å². The van der Waals surface area contributed by atoms with E-state index in [0.29, 0.717) is 10.4 Å². The first-order chi connectivity index (χ1) is 14.2. The van der Waals surface area contributed by atoms with Crippen molar-refractivity contribution < 1.29 is 0 Å². The maximum Gasteiger partial charge on any atom is 0.0709 e. The summed E-state index contributed by atoms with van der Waals surface area (Å²) in [5.74, 6) is 2.93. The van der Waals surface area contributed by atoms with Crippen LogP contribution in [0.15, 0.2) is 66.9 Å². The van der Waals surface area contributed by atoms with Gasteiger partial charge in [-0.2, -0.15) is 0 Å². The van der Waals surface area contributed by atoms with Crippen molar-refractivity contribution in [3.05, 3.63) is 77.4 Å². The van der Waals surface area contributed by atoms with E-state index >= 15 is 0 Å². The summed E-state index contributed by atoms with van der Waals surface area (Å²) in [6.45, 7) is 0. The van der Waals surface area contributed by atoms with Crippen molar-refractivity contribution in [2.24, 2.45) is 17.8 Å². The lowest BCUT2D eigenvalue weighted by Crippen LogP contribution is -2.48. The zero-order valence-corrected chi connectivity index (χ0v) is 17.4. The van der Waals surface area contributed by atoms with Gasteiger partial charge in [0.2, 0.25) is 0 Å². The Kier molecular flexibility index (Phi) is 4.10. The number of hydrogen-bond acceptors (Lipinski definition) is 1. The standard InChI is InChI=1S/C27H26ClN/c28-25-17-29-26(22-4-2-1-3-5-22)13-24(25)21-6-8-23(9-7-21)27-14-18-10-19(15-27)12-20(11-18)16-27/h1-9,13,17-20H,10-12,14-16H2. The van der Waals surface area contributed by atoms with E-state index in [-0.39, 0.29) is 0 Å². The monoisotopic (exact) mass is 399 g/mol. The molecule has 2 heteroatoms. The second-order valence-electron chi connectivity index (χ2n) is 9.69. The molecule has 0 radical (unpaired) electrons. The molecule has 0 aliphatic heterocycles. The fourth-order valence-electron chi connectivity index (χ4n) is 6.89. The van der Waals surface area contributed by atoms with Gasteiger partial charge < -0.3 is 0 Å². The van der Waals surface area contributed by atoms with E-state index in [1.165, 1.54) is 44.1 Å². The lowest BCUT2D eigenvalue weighted by atomic mass is 9.48. The lowest BCUT2D eigenvalue weighted by molar-refractivity contribution is -0.00518. The second-order valence-corrected chi connectivity index (χ2v) is 10.1. The minimum atomic E-state index is 0.449. The number of nitrogens with zero attached hydrogens (tertiary/aromatic N) is 1. The molecule has 1 heterocycles. The first-order valence-corrected chi connectivity index (χ1v) is 11.4. The predicted molar refractivity (Wildman–Crippen MR) is 120 cm³/mol. The highest BCUT2D eigenvalue weighted by atomic mass is 35.5. The van der Waals surface area contributed by atoms with E-state index in [0.717, 1.165) is 34.6 Å². The second kappa shape index (κ2) is 6.71. The van der Waals surface area contributed by atoms with Gasteiger partial charge in [-0.1, -0.05) is 66.2 Å². The van der Waals surface area contributed by atoms with E-state index in [4.69, 9.17) is 11.6 Å². The van der Waals surface area contributed by atoms with Crippen LogP contribution in [0.4, 0.5) is 0 Å². The Bertz CT molecular complexity index is 1000. The third kappa shape index (κ3) is 3.02. The number of pyridine rings is 1. The highest BCUT2D eigenvalue weighted by Gasteiger charge is 2.51. The number of halogens is 1. The van der Waals surface area contributed by atoms with Crippen LogP contribution in [0.3, 0.4) is 0 Å². The zero-order chi connectivity index (χ0) is 19.4. The van der Waals surface area contributed by atoms with Gasteiger partial charge in [-0.15, -0.1) is 0 Å². The molecule has 4 bridgehead atoms. The maximum atomic E-state index is 6.55. The number of hydrogen-bond donors (Lipinski definition) is 0. The largest absolute Gasteiger partial charge is 0.255 e. The molecule has 4 aliphatic rings. The van der Waals surface area contributed by atoms with Gasteiger partial charge >= 0.3 is 0 Å². The van der Waals surface area contributed by atoms with Crippen molar-refractivity contribution in [1.29, 1.82) is 0 Å². The van der Waals surface area contributed by atoms with Crippen LogP contribution in [0, 0.1) is 17.8 Å². The Morgan fingerprint density at radius 1 is 0.759 bits per heavy atom. The summed E-state index contributed by atoms with van der Waals surface area (Å²) in [5, 5.41) is 0.715. The van der Waals surface area contributed by atoms with E-state index in [2.05, 4.69) is 47.4 Å². The first-order valence-electron chi connectivity index (χ1n) is 11.0. The summed E-state index contributed by atoms with van der Waals surface area (Å²) in [4.78, 5) is 4.55. The van der Waals surface area contributed by atoms with Gasteiger partial charge in [0.1, 0.15) is 0 Å². The van der Waals surface area contributed by atoms with Crippen molar-refractivity contribution in [2.75, 3.05) is 0 Å². The molecule has 29 heavy (non-hydrogen) atoms. The van der Waals surface area contributed by atoms with Gasteiger partial charge in [0.25, 0.3) is 0 Å². The average Bonchev–Trinajstić information content (AvgIpc) is 2.74. The Morgan fingerprint density at radius 2 is 1.38 bits per heavy atom. The fraction of sp³-hybridized carbons (Fsp3) is 0.370. The minimum Gasteiger partial charge on any atom is -0.255 e. The molecule has 2 aromatic carbocycles. The molecule has 0 spiro atoms. The van der Waals surface area contributed by atoms with Gasteiger partial charge in [-0.05, 0) is 78.9 Å². The van der Waals surface area contributed by atoms with Crippen LogP contribution in [0.5, 0.6) is 0 Å². The lowest BCUT2D eigenvalue weighted by Gasteiger charge is -2.57. The molecule has 7 rings (SSSR count). The van der Waals surface area contributed by atoms with Crippen molar-refractivity contribution in [2.45, 2.75) is 43.9 Å². The third-order valence-corrected chi connectivity index (χ3v) is 8.07. The van der Waals surface area contributed by atoms with Crippen molar-refractivity contribution in [3.8, 4) is 22.4 Å². The molecule has 3 aromatic rings. The molecule has 146 valence electrons. The molecular formula is C27H26ClN. The average molecular weight is 400 g/mol. The third-order valence-electron chi connectivity index (χ3n) is 7.77. The predicted octanol–water partition coefficient (Wildman–Crippen LogP) is 7.54. The number of rotatable bonds is 3. The van der Waals surface area contributed by atoms with E-state index < -0.39 is 0 Å². The van der Waals surface area contributed by atoms with Gasteiger partial charge in [-0.25, -0.2) is 0 Å². The number of aromatic nitrogens is 1. The molecule has 4 aliphatic carbocycles. The van der Waals surface area contributed by atoms with Gasteiger partial charge in [0.05, 0.1) is 10.7 Å². The van der Waals surface area contributed by atoms with Crippen LogP contribution in [-0.2, 0) is 5.41 Å². The Labute approximate surface area is 178 Å². The summed E-state index contributed by atoms with van der Waals surface area (Å²) < 4.78 is 0. The van der Waals surface area contributed by atoms with Crippen molar-refractivity contribution >= 4 is 11.6 Å². The van der Waals surface area contributed by atoms with Crippen LogP contribution in [0.1, 0.15) is 44.1 Å². The van der Waals surface area contributed by atoms with Gasteiger partial charge in [0, 0.05) is 17.3 Å². The summed E-state index contributed by atoms with van der Waals surface area (Å²) in [7, 11) is 0. The van der Waals surface area contributed by atoms with Crippen LogP contribution in [0.25, 0.3) is 22.4 Å². The minimum absolute atomic E-state index is 0.449. The fourth-order valence-corrected chi connectivity index (χ4v) is 7.11. The quantitative estimate of drug-likeness (QED) is 0.443. The SMILES string of the molecule is Clc1cnc(-c2ccccc2)cc1-c1ccc(C23CC4CC(CC(C4)C2)C3)cc1. The summed E-state index contributed by atoms with van der Waals surface area (Å²) >= 11 is 6.55. The summed E-state index contributed by atoms with van der Waals surface area (Å²) in [5.41, 5.74) is 6.35. The van der Waals surface area contributed by atoms with Gasteiger partial charge in [0.15, 0.2) is 0 Å². The van der Waals surface area contributed by atoms with Crippen LogP contribution < -0.4 is 0 Å². The van der Waals surface area contributed by atoms with E-state index in [9.17, 15) is 0 Å². The van der Waals surface area contributed by atoms with E-state index in [1.807, 2.05) is 18.2 Å². The molecule has 4 saturated carbocycles. The molecule has 1 nitrogen and oxygen atoms in total. The highest BCUT2D eigenvalue weighted by molar-refractivity contribution is 6.33. The maximum absolute atomic E-state index is 6.55. The summed E-state index contributed by atoms with van der Waals surface area (Å²) in [6.07, 6.45) is 10.5. The van der Waals surface area contributed by atoms with Crippen LogP contribution >= 0.6 is 11.6 Å². The molecule has 4 fully saturated rings. The summed E-state index contributed by atoms with van der Waals surface area (Å²) in [6, 6.07) is 21.8. The molecule has 0 amide bonds. The molecule has 0 saturated heterocycles. The van der Waals surface area contributed by atoms with Crippen molar-refractivity contribution in [1.82, 2.24) is 4.98 Å². The molecule has 1 aromatic heterocycles. The first kappa shape index (κ1) is 17.7. The van der Waals surface area contributed by atoms with E-state index in [1.54, 1.807) is 11.8 Å². The van der Waals surface area contributed by atoms with Crippen molar-refractivity contribution in [3.63, 3.8) is 0 Å². The number of benzene rings is 2. The van der Waals surface area contributed by atoms with Gasteiger partial charge in [-0.3, -0.25) is 4.98 Å². The topological polar surface area (TPSA) is 12.9 Å². The Morgan fingerprint density at radius 3 is 2.00 bits per heavy atom. The molecular weight excluding hydrogens is 374 g/mol. The smallest absolute Gasteiger partial charge is 0.0709 e. The molecule has 0 atom stereocenters.